The second-order valence-electron chi connectivity index (χ2n) is 4.40. The third-order valence-electron chi connectivity index (χ3n) is 2.63. The Labute approximate surface area is 94.8 Å². The SMILES string of the molecule is Cc1cc(C(=O)N2CC(C)OC(C)C2)n[nH]1. The summed E-state index contributed by atoms with van der Waals surface area (Å²) in [6.07, 6.45) is 0.181. The number of aryl methyl sites for hydroxylation is 1. The molecule has 2 rings (SSSR count). The molecule has 1 amide bonds. The molecule has 1 N–H and O–H groups in total. The van der Waals surface area contributed by atoms with Gasteiger partial charge in [0, 0.05) is 18.8 Å². The van der Waals surface area contributed by atoms with Crippen molar-refractivity contribution < 1.29 is 9.53 Å². The normalized spacial score (nSPS) is 25.8. The number of hydrogen-bond donors (Lipinski definition) is 1. The van der Waals surface area contributed by atoms with Crippen LogP contribution in [-0.4, -0.2) is 46.3 Å². The Balaban J connectivity index is 2.09. The first-order valence-corrected chi connectivity index (χ1v) is 5.53. The summed E-state index contributed by atoms with van der Waals surface area (Å²) in [5, 5.41) is 6.77. The summed E-state index contributed by atoms with van der Waals surface area (Å²) in [6.45, 7) is 7.11. The van der Waals surface area contributed by atoms with E-state index in [0.29, 0.717) is 18.8 Å². The van der Waals surface area contributed by atoms with Crippen LogP contribution in [-0.2, 0) is 4.74 Å². The summed E-state index contributed by atoms with van der Waals surface area (Å²) < 4.78 is 5.59. The Kier molecular flexibility index (Phi) is 2.96. The van der Waals surface area contributed by atoms with Gasteiger partial charge in [-0.2, -0.15) is 5.10 Å². The molecule has 0 aromatic carbocycles. The minimum absolute atomic E-state index is 0.0219. The maximum atomic E-state index is 12.1. The zero-order valence-corrected chi connectivity index (χ0v) is 9.86. The molecule has 2 heterocycles. The molecule has 0 saturated carbocycles. The largest absolute Gasteiger partial charge is 0.372 e. The number of rotatable bonds is 1. The summed E-state index contributed by atoms with van der Waals surface area (Å²) in [5.74, 6) is -0.0219. The van der Waals surface area contributed by atoms with Crippen LogP contribution < -0.4 is 0 Å². The van der Waals surface area contributed by atoms with Gasteiger partial charge < -0.3 is 9.64 Å². The second kappa shape index (κ2) is 4.25. The van der Waals surface area contributed by atoms with Gasteiger partial charge in [-0.05, 0) is 26.8 Å². The fourth-order valence-corrected chi connectivity index (χ4v) is 2.03. The van der Waals surface area contributed by atoms with E-state index in [4.69, 9.17) is 4.74 Å². The van der Waals surface area contributed by atoms with Crippen LogP contribution in [0.25, 0.3) is 0 Å². The Morgan fingerprint density at radius 3 is 2.62 bits per heavy atom. The maximum absolute atomic E-state index is 12.1. The molecule has 5 nitrogen and oxygen atoms in total. The van der Waals surface area contributed by atoms with Gasteiger partial charge in [0.2, 0.25) is 0 Å². The van der Waals surface area contributed by atoms with Crippen molar-refractivity contribution in [2.45, 2.75) is 33.0 Å². The number of aromatic amines is 1. The monoisotopic (exact) mass is 223 g/mol. The van der Waals surface area contributed by atoms with Crippen molar-refractivity contribution >= 4 is 5.91 Å². The zero-order chi connectivity index (χ0) is 11.7. The van der Waals surface area contributed by atoms with Crippen molar-refractivity contribution in [2.75, 3.05) is 13.1 Å². The second-order valence-corrected chi connectivity index (χ2v) is 4.40. The third-order valence-corrected chi connectivity index (χ3v) is 2.63. The van der Waals surface area contributed by atoms with Gasteiger partial charge >= 0.3 is 0 Å². The molecule has 1 saturated heterocycles. The lowest BCUT2D eigenvalue weighted by Gasteiger charge is -2.34. The van der Waals surface area contributed by atoms with Crippen LogP contribution in [0.3, 0.4) is 0 Å². The van der Waals surface area contributed by atoms with E-state index < -0.39 is 0 Å². The Morgan fingerprint density at radius 2 is 2.12 bits per heavy atom. The molecule has 88 valence electrons. The molecule has 0 aliphatic carbocycles. The predicted octanol–water partition coefficient (Wildman–Crippen LogP) is 0.968. The third kappa shape index (κ3) is 2.24. The highest BCUT2D eigenvalue weighted by molar-refractivity contribution is 5.92. The van der Waals surface area contributed by atoms with E-state index in [2.05, 4.69) is 10.2 Å². The van der Waals surface area contributed by atoms with Gasteiger partial charge in [-0.15, -0.1) is 0 Å². The minimum Gasteiger partial charge on any atom is -0.372 e. The van der Waals surface area contributed by atoms with E-state index in [1.165, 1.54) is 0 Å². The van der Waals surface area contributed by atoms with E-state index in [1.54, 1.807) is 11.0 Å². The standard InChI is InChI=1S/C11H17N3O2/c1-7-4-10(13-12-7)11(15)14-5-8(2)16-9(3)6-14/h4,8-9H,5-6H2,1-3H3,(H,12,13). The van der Waals surface area contributed by atoms with Crippen molar-refractivity contribution in [2.24, 2.45) is 0 Å². The van der Waals surface area contributed by atoms with Gasteiger partial charge in [0.05, 0.1) is 12.2 Å². The average Bonchev–Trinajstić information content (AvgIpc) is 2.62. The lowest BCUT2D eigenvalue weighted by Crippen LogP contribution is -2.48. The van der Waals surface area contributed by atoms with Gasteiger partial charge in [-0.3, -0.25) is 9.89 Å². The molecule has 1 aromatic heterocycles. The van der Waals surface area contributed by atoms with Crippen molar-refractivity contribution in [3.05, 3.63) is 17.5 Å². The van der Waals surface area contributed by atoms with Crippen LogP contribution in [0.4, 0.5) is 0 Å². The molecule has 5 heteroatoms. The number of amides is 1. The van der Waals surface area contributed by atoms with E-state index in [-0.39, 0.29) is 18.1 Å². The maximum Gasteiger partial charge on any atom is 0.274 e. The van der Waals surface area contributed by atoms with Gasteiger partial charge in [-0.1, -0.05) is 0 Å². The predicted molar refractivity (Wildman–Crippen MR) is 59.2 cm³/mol. The Hall–Kier alpha value is -1.36. The van der Waals surface area contributed by atoms with Gasteiger partial charge in [-0.25, -0.2) is 0 Å². The van der Waals surface area contributed by atoms with E-state index in [0.717, 1.165) is 5.69 Å². The highest BCUT2D eigenvalue weighted by atomic mass is 16.5. The lowest BCUT2D eigenvalue weighted by atomic mass is 10.2. The molecule has 1 aliphatic heterocycles. The first kappa shape index (κ1) is 11.1. The van der Waals surface area contributed by atoms with Crippen LogP contribution in [0.5, 0.6) is 0 Å². The first-order chi connectivity index (χ1) is 7.56. The molecule has 0 radical (unpaired) electrons. The van der Waals surface area contributed by atoms with Crippen molar-refractivity contribution in [3.8, 4) is 0 Å². The van der Waals surface area contributed by atoms with E-state index >= 15 is 0 Å². The molecule has 2 unspecified atom stereocenters. The van der Waals surface area contributed by atoms with Crippen molar-refractivity contribution in [1.82, 2.24) is 15.1 Å². The molecule has 16 heavy (non-hydrogen) atoms. The smallest absolute Gasteiger partial charge is 0.274 e. The first-order valence-electron chi connectivity index (χ1n) is 5.53. The number of H-pyrrole nitrogens is 1. The number of hydrogen-bond acceptors (Lipinski definition) is 3. The molecule has 0 bridgehead atoms. The minimum atomic E-state index is -0.0219. The molecule has 0 spiro atoms. The average molecular weight is 223 g/mol. The summed E-state index contributed by atoms with van der Waals surface area (Å²) in [6, 6.07) is 1.77. The molecule has 1 aliphatic rings. The fourth-order valence-electron chi connectivity index (χ4n) is 2.03. The molecule has 2 atom stereocenters. The Morgan fingerprint density at radius 1 is 1.50 bits per heavy atom. The number of ether oxygens (including phenoxy) is 1. The summed E-state index contributed by atoms with van der Waals surface area (Å²) in [5.41, 5.74) is 1.39. The number of morpholine rings is 1. The molecular formula is C11H17N3O2. The lowest BCUT2D eigenvalue weighted by molar-refractivity contribution is -0.0587. The van der Waals surface area contributed by atoms with E-state index in [1.807, 2.05) is 20.8 Å². The molecule has 1 fully saturated rings. The van der Waals surface area contributed by atoms with Crippen molar-refractivity contribution in [3.63, 3.8) is 0 Å². The summed E-state index contributed by atoms with van der Waals surface area (Å²) >= 11 is 0. The molecular weight excluding hydrogens is 206 g/mol. The quantitative estimate of drug-likeness (QED) is 0.771. The number of nitrogens with one attached hydrogen (secondary N) is 1. The van der Waals surface area contributed by atoms with Gasteiger partial charge in [0.1, 0.15) is 5.69 Å². The fraction of sp³-hybridized carbons (Fsp3) is 0.636. The van der Waals surface area contributed by atoms with Crippen LogP contribution >= 0.6 is 0 Å². The summed E-state index contributed by atoms with van der Waals surface area (Å²) in [7, 11) is 0. The van der Waals surface area contributed by atoms with Crippen LogP contribution in [0, 0.1) is 6.92 Å². The Bertz CT molecular complexity index is 378. The van der Waals surface area contributed by atoms with Crippen molar-refractivity contribution in [1.29, 1.82) is 0 Å². The van der Waals surface area contributed by atoms with Gasteiger partial charge in [0.25, 0.3) is 5.91 Å². The van der Waals surface area contributed by atoms with Gasteiger partial charge in [0.15, 0.2) is 0 Å². The van der Waals surface area contributed by atoms with Crippen LogP contribution in [0.2, 0.25) is 0 Å². The highest BCUT2D eigenvalue weighted by Gasteiger charge is 2.27. The summed E-state index contributed by atoms with van der Waals surface area (Å²) in [4.78, 5) is 13.9. The number of carbonyl (C=O) groups excluding carboxylic acids is 1. The molecule has 1 aromatic rings. The van der Waals surface area contributed by atoms with Crippen LogP contribution in [0.1, 0.15) is 30.0 Å². The number of nitrogens with zero attached hydrogens (tertiary/aromatic N) is 2. The number of aromatic nitrogens is 2. The highest BCUT2D eigenvalue weighted by Crippen LogP contribution is 2.13. The van der Waals surface area contributed by atoms with E-state index in [9.17, 15) is 4.79 Å². The number of carbonyl (C=O) groups is 1. The van der Waals surface area contributed by atoms with Crippen LogP contribution in [0.15, 0.2) is 6.07 Å². The zero-order valence-electron chi connectivity index (χ0n) is 9.86. The topological polar surface area (TPSA) is 58.2 Å².